The Balaban J connectivity index is 1.70. The number of aliphatic carboxylic acids is 1. The Morgan fingerprint density at radius 1 is 1.27 bits per heavy atom. The van der Waals surface area contributed by atoms with E-state index in [4.69, 9.17) is 4.74 Å². The van der Waals surface area contributed by atoms with Gasteiger partial charge in [0.2, 0.25) is 11.8 Å². The lowest BCUT2D eigenvalue weighted by molar-refractivity contribution is -0.152. The van der Waals surface area contributed by atoms with Crippen molar-refractivity contribution in [1.82, 2.24) is 9.80 Å². The molecule has 2 unspecified atom stereocenters. The lowest BCUT2D eigenvalue weighted by atomic mass is 9.70. The number of likely N-dealkylation sites (tertiary alicyclic amines) is 1. The molecule has 0 aromatic carbocycles. The van der Waals surface area contributed by atoms with E-state index < -0.39 is 35.6 Å². The summed E-state index contributed by atoms with van der Waals surface area (Å²) in [4.78, 5) is 42.6. The van der Waals surface area contributed by atoms with E-state index in [0.717, 1.165) is 32.1 Å². The summed E-state index contributed by atoms with van der Waals surface area (Å²) >= 11 is 0. The Hall–Kier alpha value is -1.93. The van der Waals surface area contributed by atoms with Crippen LogP contribution in [0.25, 0.3) is 0 Å². The van der Waals surface area contributed by atoms with Crippen LogP contribution in [-0.2, 0) is 19.1 Å². The zero-order valence-electron chi connectivity index (χ0n) is 17.4. The first-order valence-corrected chi connectivity index (χ1v) is 11.2. The summed E-state index contributed by atoms with van der Waals surface area (Å²) in [5, 5.41) is 19.1. The number of rotatable bonds is 8. The van der Waals surface area contributed by atoms with Crippen molar-refractivity contribution in [3.05, 3.63) is 12.7 Å². The predicted octanol–water partition coefficient (Wildman–Crippen LogP) is 1.18. The van der Waals surface area contributed by atoms with Crippen LogP contribution in [0.1, 0.15) is 51.4 Å². The van der Waals surface area contributed by atoms with Gasteiger partial charge >= 0.3 is 5.97 Å². The molecule has 3 aliphatic heterocycles. The molecule has 1 saturated carbocycles. The lowest BCUT2D eigenvalue weighted by Gasteiger charge is -2.40. The average Bonchev–Trinajstić information content (AvgIpc) is 3.38. The Morgan fingerprint density at radius 2 is 2.00 bits per heavy atom. The maximum atomic E-state index is 13.9. The van der Waals surface area contributed by atoms with Crippen molar-refractivity contribution in [3.8, 4) is 0 Å². The summed E-state index contributed by atoms with van der Waals surface area (Å²) in [6.07, 6.45) is 7.73. The Labute approximate surface area is 176 Å². The molecule has 3 saturated heterocycles. The number of carbonyl (C=O) groups is 3. The molecule has 0 radical (unpaired) electrons. The highest BCUT2D eigenvalue weighted by Gasteiger charge is 2.74. The molecule has 5 atom stereocenters. The van der Waals surface area contributed by atoms with Gasteiger partial charge in [-0.3, -0.25) is 14.4 Å². The fourth-order valence-corrected chi connectivity index (χ4v) is 6.30. The largest absolute Gasteiger partial charge is 0.481 e. The van der Waals surface area contributed by atoms with Crippen LogP contribution in [0.15, 0.2) is 12.7 Å². The van der Waals surface area contributed by atoms with E-state index in [1.807, 2.05) is 4.90 Å². The number of aliphatic hydroxyl groups excluding tert-OH is 1. The number of nitrogens with zero attached hydrogens (tertiary/aromatic N) is 2. The lowest BCUT2D eigenvalue weighted by Crippen LogP contribution is -2.58. The molecule has 0 aromatic heterocycles. The minimum absolute atomic E-state index is 0.100. The van der Waals surface area contributed by atoms with Gasteiger partial charge in [-0.25, -0.2) is 0 Å². The third-order valence-electron chi connectivity index (χ3n) is 7.50. The molecule has 2 bridgehead atoms. The molecule has 1 spiro atoms. The van der Waals surface area contributed by atoms with Crippen LogP contribution in [0.4, 0.5) is 0 Å². The van der Waals surface area contributed by atoms with E-state index in [1.54, 1.807) is 6.08 Å². The molecule has 2 amide bonds. The molecule has 8 nitrogen and oxygen atoms in total. The van der Waals surface area contributed by atoms with Gasteiger partial charge in [0.15, 0.2) is 0 Å². The van der Waals surface area contributed by atoms with E-state index in [1.165, 1.54) is 4.90 Å². The van der Waals surface area contributed by atoms with Gasteiger partial charge in [-0.1, -0.05) is 25.3 Å². The van der Waals surface area contributed by atoms with Crippen LogP contribution >= 0.6 is 0 Å². The maximum absolute atomic E-state index is 13.9. The topological polar surface area (TPSA) is 107 Å². The van der Waals surface area contributed by atoms with Gasteiger partial charge in [0.05, 0.1) is 17.9 Å². The molecule has 30 heavy (non-hydrogen) atoms. The van der Waals surface area contributed by atoms with Crippen molar-refractivity contribution >= 4 is 17.8 Å². The standard InChI is InChI=1S/C22H32N2O6/c1-2-11-23(14-7-4-3-5-8-14)20(27)18-22-10-9-15(30-22)16(21(28)29)17(22)19(26)24(18)12-6-13-25/h2,14-18,25H,1,3-13H2,(H,28,29)/t15-,16+,17+,18?,22?/m1/s1. The minimum Gasteiger partial charge on any atom is -0.481 e. The van der Waals surface area contributed by atoms with Crippen LogP contribution in [0.3, 0.4) is 0 Å². The number of hydrogen-bond acceptors (Lipinski definition) is 5. The third-order valence-corrected chi connectivity index (χ3v) is 7.50. The first-order chi connectivity index (χ1) is 14.5. The first kappa shape index (κ1) is 21.3. The van der Waals surface area contributed by atoms with Crippen LogP contribution in [0, 0.1) is 11.8 Å². The Bertz CT molecular complexity index is 720. The fraction of sp³-hybridized carbons (Fsp3) is 0.773. The smallest absolute Gasteiger partial charge is 0.310 e. The van der Waals surface area contributed by atoms with Gasteiger partial charge in [-0.2, -0.15) is 0 Å². The summed E-state index contributed by atoms with van der Waals surface area (Å²) < 4.78 is 6.21. The number of fused-ring (bicyclic) bond motifs is 1. The van der Waals surface area contributed by atoms with Gasteiger partial charge in [-0.15, -0.1) is 6.58 Å². The molecule has 2 N–H and O–H groups in total. The molecule has 1 aliphatic carbocycles. The van der Waals surface area contributed by atoms with Gasteiger partial charge in [0.1, 0.15) is 11.6 Å². The number of ether oxygens (including phenoxy) is 1. The monoisotopic (exact) mass is 420 g/mol. The van der Waals surface area contributed by atoms with Crippen LogP contribution in [-0.4, -0.2) is 81.3 Å². The average molecular weight is 421 g/mol. The summed E-state index contributed by atoms with van der Waals surface area (Å²) in [5.74, 6) is -3.27. The van der Waals surface area contributed by atoms with E-state index in [2.05, 4.69) is 6.58 Å². The quantitative estimate of drug-likeness (QED) is 0.571. The second-order valence-corrected chi connectivity index (χ2v) is 9.07. The van der Waals surface area contributed by atoms with Crippen molar-refractivity contribution in [2.24, 2.45) is 11.8 Å². The minimum atomic E-state index is -1.08. The first-order valence-electron chi connectivity index (χ1n) is 11.2. The number of aliphatic hydroxyl groups is 1. The second kappa shape index (κ2) is 8.30. The molecule has 4 rings (SSSR count). The summed E-state index contributed by atoms with van der Waals surface area (Å²) in [6, 6.07) is -0.735. The van der Waals surface area contributed by atoms with Crippen LogP contribution < -0.4 is 0 Å². The van der Waals surface area contributed by atoms with E-state index in [9.17, 15) is 24.6 Å². The molecule has 4 aliphatic rings. The van der Waals surface area contributed by atoms with Crippen molar-refractivity contribution in [3.63, 3.8) is 0 Å². The molecule has 8 heteroatoms. The number of carbonyl (C=O) groups excluding carboxylic acids is 2. The van der Waals surface area contributed by atoms with Crippen molar-refractivity contribution in [2.75, 3.05) is 19.7 Å². The fourth-order valence-electron chi connectivity index (χ4n) is 6.30. The predicted molar refractivity (Wildman–Crippen MR) is 107 cm³/mol. The van der Waals surface area contributed by atoms with Gasteiger partial charge < -0.3 is 24.7 Å². The molecule has 4 fully saturated rings. The van der Waals surface area contributed by atoms with Crippen LogP contribution in [0.5, 0.6) is 0 Å². The summed E-state index contributed by atoms with van der Waals surface area (Å²) in [5.41, 5.74) is -1.08. The number of carboxylic acid groups (broad SMARTS) is 1. The van der Waals surface area contributed by atoms with Gasteiger partial charge in [0, 0.05) is 25.7 Å². The SMILES string of the molecule is C=CCN(C(=O)C1N(CCCO)C(=O)[C@@H]2[C@@H](C(=O)O)[C@H]3CCC12O3)C1CCCCC1. The third kappa shape index (κ3) is 3.15. The van der Waals surface area contributed by atoms with Crippen molar-refractivity contribution in [2.45, 2.75) is 75.2 Å². The van der Waals surface area contributed by atoms with Crippen molar-refractivity contribution < 1.29 is 29.3 Å². The summed E-state index contributed by atoms with van der Waals surface area (Å²) in [6.45, 7) is 4.33. The zero-order valence-corrected chi connectivity index (χ0v) is 17.4. The Morgan fingerprint density at radius 3 is 2.63 bits per heavy atom. The van der Waals surface area contributed by atoms with E-state index in [-0.39, 0.29) is 31.0 Å². The molecule has 0 aromatic rings. The zero-order chi connectivity index (χ0) is 21.5. The van der Waals surface area contributed by atoms with Crippen molar-refractivity contribution in [1.29, 1.82) is 0 Å². The highest BCUT2D eigenvalue weighted by molar-refractivity contribution is 5.98. The van der Waals surface area contributed by atoms with E-state index >= 15 is 0 Å². The van der Waals surface area contributed by atoms with Gasteiger partial charge in [-0.05, 0) is 32.1 Å². The molecule has 3 heterocycles. The van der Waals surface area contributed by atoms with E-state index in [0.29, 0.717) is 25.8 Å². The summed E-state index contributed by atoms with van der Waals surface area (Å²) in [7, 11) is 0. The highest BCUT2D eigenvalue weighted by Crippen LogP contribution is 2.58. The molecular weight excluding hydrogens is 388 g/mol. The maximum Gasteiger partial charge on any atom is 0.310 e. The number of hydrogen-bond donors (Lipinski definition) is 2. The normalized spacial score (nSPS) is 35.5. The highest BCUT2D eigenvalue weighted by atomic mass is 16.5. The number of amides is 2. The van der Waals surface area contributed by atoms with Gasteiger partial charge in [0.25, 0.3) is 0 Å². The second-order valence-electron chi connectivity index (χ2n) is 9.07. The molecule has 166 valence electrons. The Kier molecular flexibility index (Phi) is 5.90. The molecular formula is C22H32N2O6. The number of carboxylic acids is 1. The van der Waals surface area contributed by atoms with Crippen LogP contribution in [0.2, 0.25) is 0 Å².